The summed E-state index contributed by atoms with van der Waals surface area (Å²) in [5, 5.41) is 13.8. The first-order chi connectivity index (χ1) is 11.4. The number of carboxylic acid groups (broad SMARTS) is 1. The largest absolute Gasteiger partial charge is 0.480 e. The minimum Gasteiger partial charge on any atom is -0.480 e. The topological polar surface area (TPSA) is 116 Å². The van der Waals surface area contributed by atoms with Crippen molar-refractivity contribution in [3.05, 3.63) is 26.8 Å². The van der Waals surface area contributed by atoms with Crippen LogP contribution in [-0.4, -0.2) is 46.3 Å². The number of amides is 3. The molecule has 0 spiro atoms. The number of piperidine rings is 1. The Labute approximate surface area is 150 Å². The lowest BCUT2D eigenvalue weighted by atomic mass is 10.0. The molecule has 1 saturated heterocycles. The molecule has 0 bridgehead atoms. The van der Waals surface area contributed by atoms with Crippen LogP contribution in [0.5, 0.6) is 0 Å². The molecule has 3 amide bonds. The second-order valence-corrected chi connectivity index (χ2v) is 6.88. The fourth-order valence-corrected chi connectivity index (χ4v) is 3.67. The average molecular weight is 443 g/mol. The van der Waals surface area contributed by atoms with Gasteiger partial charge < -0.3 is 15.3 Å². The summed E-state index contributed by atoms with van der Waals surface area (Å²) in [6.07, 6.45) is 0.484. The van der Waals surface area contributed by atoms with Crippen molar-refractivity contribution in [3.63, 3.8) is 0 Å². The zero-order chi connectivity index (χ0) is 17.4. The smallest absolute Gasteiger partial charge is 0.322 e. The van der Waals surface area contributed by atoms with E-state index in [0.717, 1.165) is 9.13 Å². The fraction of sp³-hybridized carbons (Fsp3) is 0.333. The van der Waals surface area contributed by atoms with E-state index in [1.54, 1.807) is 6.07 Å². The molecule has 1 aromatic carbocycles. The number of nitrogens with one attached hydrogen (secondary N) is 2. The molecule has 1 aromatic rings. The first-order valence-electron chi connectivity index (χ1n) is 7.29. The number of carboxylic acids is 1. The van der Waals surface area contributed by atoms with E-state index >= 15 is 0 Å². The van der Waals surface area contributed by atoms with Crippen molar-refractivity contribution in [2.75, 3.05) is 11.9 Å². The maximum absolute atomic E-state index is 12.8. The van der Waals surface area contributed by atoms with E-state index in [2.05, 4.69) is 33.2 Å². The van der Waals surface area contributed by atoms with Crippen LogP contribution in [0, 0.1) is 3.57 Å². The predicted octanol–water partition coefficient (Wildman–Crippen LogP) is 0.549. The average Bonchev–Trinajstić information content (AvgIpc) is 2.81. The number of halogens is 1. The molecule has 8 nitrogen and oxygen atoms in total. The molecule has 1 unspecified atom stereocenters. The molecule has 2 aliphatic rings. The van der Waals surface area contributed by atoms with Gasteiger partial charge in [0.25, 0.3) is 5.91 Å². The van der Waals surface area contributed by atoms with Crippen molar-refractivity contribution in [2.24, 2.45) is 0 Å². The number of carbonyl (C=O) groups is 4. The molecular weight excluding hydrogens is 429 g/mol. The summed E-state index contributed by atoms with van der Waals surface area (Å²) >= 11 is 2.09. The summed E-state index contributed by atoms with van der Waals surface area (Å²) in [4.78, 5) is 48.3. The van der Waals surface area contributed by atoms with Crippen molar-refractivity contribution < 1.29 is 24.3 Å². The van der Waals surface area contributed by atoms with Crippen LogP contribution in [0.1, 0.15) is 28.8 Å². The van der Waals surface area contributed by atoms with Crippen molar-refractivity contribution in [1.82, 2.24) is 10.2 Å². The first-order valence-corrected chi connectivity index (χ1v) is 8.37. The van der Waals surface area contributed by atoms with Crippen LogP contribution in [0.4, 0.5) is 5.69 Å². The van der Waals surface area contributed by atoms with Gasteiger partial charge in [0.1, 0.15) is 12.6 Å². The molecule has 0 radical (unpaired) electrons. The van der Waals surface area contributed by atoms with Gasteiger partial charge in [-0.05, 0) is 46.7 Å². The Balaban J connectivity index is 1.89. The highest BCUT2D eigenvalue weighted by Crippen LogP contribution is 2.33. The lowest BCUT2D eigenvalue weighted by molar-refractivity contribution is -0.137. The molecule has 126 valence electrons. The van der Waals surface area contributed by atoms with Crippen molar-refractivity contribution in [1.29, 1.82) is 0 Å². The minimum absolute atomic E-state index is 0.193. The maximum Gasteiger partial charge on any atom is 0.322 e. The number of benzene rings is 1. The summed E-state index contributed by atoms with van der Waals surface area (Å²) in [5.74, 6) is -2.17. The minimum atomic E-state index is -1.03. The molecule has 1 atom stereocenters. The predicted molar refractivity (Wildman–Crippen MR) is 91.3 cm³/mol. The Morgan fingerprint density at radius 2 is 2.12 bits per heavy atom. The Hall–Kier alpha value is -2.17. The summed E-state index contributed by atoms with van der Waals surface area (Å²) in [6, 6.07) is 2.85. The van der Waals surface area contributed by atoms with Gasteiger partial charge >= 0.3 is 5.97 Å². The van der Waals surface area contributed by atoms with E-state index in [1.165, 1.54) is 4.90 Å². The summed E-state index contributed by atoms with van der Waals surface area (Å²) in [5.41, 5.74) is 1.57. The second-order valence-electron chi connectivity index (χ2n) is 5.63. The molecule has 24 heavy (non-hydrogen) atoms. The molecule has 9 heteroatoms. The van der Waals surface area contributed by atoms with E-state index in [4.69, 9.17) is 5.11 Å². The Morgan fingerprint density at radius 1 is 1.38 bits per heavy atom. The number of carbonyl (C=O) groups excluding carboxylic acids is 3. The lowest BCUT2D eigenvalue weighted by Gasteiger charge is -2.29. The normalized spacial score (nSPS) is 20.0. The van der Waals surface area contributed by atoms with Crippen LogP contribution in [0.25, 0.3) is 0 Å². The highest BCUT2D eigenvalue weighted by molar-refractivity contribution is 14.1. The third-order valence-electron chi connectivity index (χ3n) is 4.02. The Bertz CT molecular complexity index is 764. The third kappa shape index (κ3) is 3.07. The molecular formula is C15H14IN3O5. The standard InChI is InChI=1S/C15H14IN3O5/c16-8-3-7-6-19(10-1-2-11(20)18-14(10)23)15(24)13(7)9(4-8)17-5-12(21)22/h3-4,10,17H,1-2,5-6H2,(H,21,22)(H,18,20,23). The van der Waals surface area contributed by atoms with Gasteiger partial charge in [-0.15, -0.1) is 0 Å². The Kier molecular flexibility index (Phi) is 4.43. The fourth-order valence-electron chi connectivity index (χ4n) is 2.98. The zero-order valence-electron chi connectivity index (χ0n) is 12.5. The van der Waals surface area contributed by atoms with Gasteiger partial charge in [0, 0.05) is 22.2 Å². The Morgan fingerprint density at radius 3 is 2.79 bits per heavy atom. The number of rotatable bonds is 4. The van der Waals surface area contributed by atoms with E-state index in [0.29, 0.717) is 17.7 Å². The molecule has 2 heterocycles. The van der Waals surface area contributed by atoms with Gasteiger partial charge in [0.2, 0.25) is 11.8 Å². The highest BCUT2D eigenvalue weighted by atomic mass is 127. The maximum atomic E-state index is 12.8. The molecule has 0 aliphatic carbocycles. The van der Waals surface area contributed by atoms with E-state index in [9.17, 15) is 19.2 Å². The van der Waals surface area contributed by atoms with Crippen LogP contribution in [0.2, 0.25) is 0 Å². The first kappa shape index (κ1) is 16.7. The van der Waals surface area contributed by atoms with E-state index in [-0.39, 0.29) is 31.3 Å². The number of hydrogen-bond donors (Lipinski definition) is 3. The van der Waals surface area contributed by atoms with Crippen molar-refractivity contribution >= 4 is 52.0 Å². The summed E-state index contributed by atoms with van der Waals surface area (Å²) in [6.45, 7) is -0.0444. The van der Waals surface area contributed by atoms with Crippen LogP contribution in [0.3, 0.4) is 0 Å². The SMILES string of the molecule is O=C(O)CNc1cc(I)cc2c1C(=O)N(C1CCC(=O)NC1=O)C2. The van der Waals surface area contributed by atoms with Crippen LogP contribution >= 0.6 is 22.6 Å². The number of nitrogens with zero attached hydrogens (tertiary/aromatic N) is 1. The molecule has 0 aromatic heterocycles. The number of fused-ring (bicyclic) bond motifs is 1. The second kappa shape index (κ2) is 6.38. The van der Waals surface area contributed by atoms with Gasteiger partial charge in [0.05, 0.1) is 5.56 Å². The van der Waals surface area contributed by atoms with Gasteiger partial charge in [-0.25, -0.2) is 0 Å². The van der Waals surface area contributed by atoms with Crippen LogP contribution in [0.15, 0.2) is 12.1 Å². The van der Waals surface area contributed by atoms with Crippen molar-refractivity contribution in [3.8, 4) is 0 Å². The van der Waals surface area contributed by atoms with Gasteiger partial charge in [0.15, 0.2) is 0 Å². The van der Waals surface area contributed by atoms with Crippen LogP contribution < -0.4 is 10.6 Å². The highest BCUT2D eigenvalue weighted by Gasteiger charge is 2.40. The third-order valence-corrected chi connectivity index (χ3v) is 4.64. The van der Waals surface area contributed by atoms with Crippen LogP contribution in [-0.2, 0) is 20.9 Å². The van der Waals surface area contributed by atoms with Crippen molar-refractivity contribution in [2.45, 2.75) is 25.4 Å². The molecule has 3 N–H and O–H groups in total. The number of hydrogen-bond acceptors (Lipinski definition) is 5. The summed E-state index contributed by atoms with van der Waals surface area (Å²) in [7, 11) is 0. The van der Waals surface area contributed by atoms with E-state index < -0.39 is 17.9 Å². The molecule has 1 fully saturated rings. The zero-order valence-corrected chi connectivity index (χ0v) is 14.6. The van der Waals surface area contributed by atoms with E-state index in [1.807, 2.05) is 6.07 Å². The lowest BCUT2D eigenvalue weighted by Crippen LogP contribution is -2.52. The number of imide groups is 1. The number of aliphatic carboxylic acids is 1. The molecule has 2 aliphatic heterocycles. The monoisotopic (exact) mass is 443 g/mol. The van der Waals surface area contributed by atoms with Gasteiger partial charge in [-0.2, -0.15) is 0 Å². The van der Waals surface area contributed by atoms with Gasteiger partial charge in [-0.1, -0.05) is 0 Å². The quantitative estimate of drug-likeness (QED) is 0.463. The molecule has 0 saturated carbocycles. The molecule has 3 rings (SSSR count). The summed E-state index contributed by atoms with van der Waals surface area (Å²) < 4.78 is 0.858. The van der Waals surface area contributed by atoms with Gasteiger partial charge in [-0.3, -0.25) is 24.5 Å². The number of anilines is 1.